The van der Waals surface area contributed by atoms with Crippen molar-refractivity contribution in [2.75, 3.05) is 0 Å². The summed E-state index contributed by atoms with van der Waals surface area (Å²) in [5.74, 6) is 1.35. The summed E-state index contributed by atoms with van der Waals surface area (Å²) < 4.78 is 8.40. The lowest BCUT2D eigenvalue weighted by atomic mass is 9.95. The summed E-state index contributed by atoms with van der Waals surface area (Å²) in [6, 6.07) is 61.2. The van der Waals surface area contributed by atoms with Crippen molar-refractivity contribution in [3.8, 4) is 67.5 Å². The number of para-hydroxylation sites is 2. The van der Waals surface area contributed by atoms with E-state index in [2.05, 4.69) is 140 Å². The number of hydrogen-bond donors (Lipinski definition) is 0. The standard InChI is InChI=1S/C47H29N3OS/c1-2-12-30(13-3-1)43-45-44(39-22-4-7-25-42(39)52-45)50-46(49-43)37-20-10-18-35(28-37)33-16-8-14-31(26-33)32-15-9-17-34(27-32)36-19-11-21-38(29-36)47-48-40-23-5-6-24-41(40)51-47/h1-29H. The van der Waals surface area contributed by atoms with E-state index in [-0.39, 0.29) is 0 Å². The van der Waals surface area contributed by atoms with Crippen LogP contribution in [0.3, 0.4) is 0 Å². The third-order valence-corrected chi connectivity index (χ3v) is 10.7. The van der Waals surface area contributed by atoms with Crippen LogP contribution in [0.4, 0.5) is 0 Å². The lowest BCUT2D eigenvalue weighted by Crippen LogP contribution is -1.94. The van der Waals surface area contributed by atoms with Crippen LogP contribution >= 0.6 is 11.3 Å². The molecule has 0 amide bonds. The van der Waals surface area contributed by atoms with Gasteiger partial charge in [-0.05, 0) is 81.9 Å². The van der Waals surface area contributed by atoms with Crippen LogP contribution in [0.5, 0.6) is 0 Å². The highest BCUT2D eigenvalue weighted by molar-refractivity contribution is 7.26. The van der Waals surface area contributed by atoms with E-state index >= 15 is 0 Å². The molecule has 10 rings (SSSR count). The molecule has 244 valence electrons. The Morgan fingerprint density at radius 1 is 0.404 bits per heavy atom. The van der Waals surface area contributed by atoms with E-state index in [1.165, 1.54) is 4.70 Å². The largest absolute Gasteiger partial charge is 0.436 e. The van der Waals surface area contributed by atoms with Crippen LogP contribution in [0, 0.1) is 0 Å². The van der Waals surface area contributed by atoms with Crippen molar-refractivity contribution in [2.24, 2.45) is 0 Å². The SMILES string of the molecule is c1ccc(-c2nc(-c3cccc(-c4cccc(-c5cccc(-c6cccc(-c7nc8ccccc8o7)c6)c5)c4)c3)nc3c2sc2ccccc23)cc1. The van der Waals surface area contributed by atoms with E-state index in [1.807, 2.05) is 36.4 Å². The lowest BCUT2D eigenvalue weighted by molar-refractivity contribution is 0.620. The zero-order chi connectivity index (χ0) is 34.4. The van der Waals surface area contributed by atoms with Crippen LogP contribution in [0.1, 0.15) is 0 Å². The normalized spacial score (nSPS) is 11.5. The van der Waals surface area contributed by atoms with Crippen LogP contribution < -0.4 is 0 Å². The molecule has 0 bridgehead atoms. The molecule has 0 spiro atoms. The van der Waals surface area contributed by atoms with Crippen molar-refractivity contribution < 1.29 is 4.42 Å². The van der Waals surface area contributed by atoms with Gasteiger partial charge in [-0.3, -0.25) is 0 Å². The Morgan fingerprint density at radius 2 is 0.923 bits per heavy atom. The Balaban J connectivity index is 1.00. The Bertz CT molecular complexity index is 2890. The fraction of sp³-hybridized carbons (Fsp3) is 0. The van der Waals surface area contributed by atoms with Crippen LogP contribution in [0.15, 0.2) is 180 Å². The molecule has 0 saturated heterocycles. The van der Waals surface area contributed by atoms with Gasteiger partial charge in [0.15, 0.2) is 11.4 Å². The number of nitrogens with zero attached hydrogens (tertiary/aromatic N) is 3. The number of aromatic nitrogens is 3. The molecule has 0 atom stereocenters. The average molecular weight is 684 g/mol. The molecule has 0 fully saturated rings. The van der Waals surface area contributed by atoms with Crippen molar-refractivity contribution in [3.63, 3.8) is 0 Å². The molecule has 0 aliphatic carbocycles. The minimum atomic E-state index is 0.624. The van der Waals surface area contributed by atoms with E-state index in [0.29, 0.717) is 5.89 Å². The zero-order valence-electron chi connectivity index (χ0n) is 27.9. The quantitative estimate of drug-likeness (QED) is 0.175. The van der Waals surface area contributed by atoms with Crippen molar-refractivity contribution in [1.29, 1.82) is 0 Å². The first kappa shape index (κ1) is 30.2. The monoisotopic (exact) mass is 683 g/mol. The Hall–Kier alpha value is -6.69. The van der Waals surface area contributed by atoms with Gasteiger partial charge >= 0.3 is 0 Å². The molecule has 7 aromatic carbocycles. The third-order valence-electron chi connectivity index (χ3n) is 9.52. The second-order valence-electron chi connectivity index (χ2n) is 12.8. The summed E-state index contributed by atoms with van der Waals surface area (Å²) >= 11 is 1.75. The maximum atomic E-state index is 6.07. The topological polar surface area (TPSA) is 51.8 Å². The predicted molar refractivity (Wildman–Crippen MR) is 215 cm³/mol. The highest BCUT2D eigenvalue weighted by Crippen LogP contribution is 2.40. The molecule has 52 heavy (non-hydrogen) atoms. The smallest absolute Gasteiger partial charge is 0.227 e. The third kappa shape index (κ3) is 5.45. The summed E-state index contributed by atoms with van der Waals surface area (Å²) in [6.07, 6.45) is 0. The maximum Gasteiger partial charge on any atom is 0.227 e. The molecular weight excluding hydrogens is 655 g/mol. The maximum absolute atomic E-state index is 6.07. The number of rotatable bonds is 6. The highest BCUT2D eigenvalue weighted by atomic mass is 32.1. The first-order valence-corrected chi connectivity index (χ1v) is 18.1. The van der Waals surface area contributed by atoms with Crippen LogP contribution in [0.2, 0.25) is 0 Å². The average Bonchev–Trinajstić information content (AvgIpc) is 3.83. The lowest BCUT2D eigenvalue weighted by Gasteiger charge is -2.11. The van der Waals surface area contributed by atoms with E-state index in [0.717, 1.165) is 88.3 Å². The number of hydrogen-bond acceptors (Lipinski definition) is 5. The first-order chi connectivity index (χ1) is 25.7. The van der Waals surface area contributed by atoms with Gasteiger partial charge in [0.05, 0.1) is 15.9 Å². The summed E-state index contributed by atoms with van der Waals surface area (Å²) in [5.41, 5.74) is 13.4. The first-order valence-electron chi connectivity index (χ1n) is 17.3. The second kappa shape index (κ2) is 12.6. The Morgan fingerprint density at radius 3 is 1.60 bits per heavy atom. The molecule has 4 nitrogen and oxygen atoms in total. The molecule has 3 heterocycles. The number of benzene rings is 7. The van der Waals surface area contributed by atoms with Gasteiger partial charge in [-0.2, -0.15) is 0 Å². The van der Waals surface area contributed by atoms with Gasteiger partial charge < -0.3 is 4.42 Å². The van der Waals surface area contributed by atoms with Crippen molar-refractivity contribution in [2.45, 2.75) is 0 Å². The molecule has 5 heteroatoms. The van der Waals surface area contributed by atoms with Gasteiger partial charge in [0.1, 0.15) is 5.52 Å². The zero-order valence-corrected chi connectivity index (χ0v) is 28.7. The van der Waals surface area contributed by atoms with Crippen molar-refractivity contribution >= 4 is 42.7 Å². The molecule has 0 saturated carbocycles. The Labute approximate surface area is 304 Å². The minimum absolute atomic E-state index is 0.624. The second-order valence-corrected chi connectivity index (χ2v) is 13.9. The number of thiophene rings is 1. The van der Waals surface area contributed by atoms with Gasteiger partial charge in [0.25, 0.3) is 0 Å². The molecule has 10 aromatic rings. The van der Waals surface area contributed by atoms with E-state index in [1.54, 1.807) is 11.3 Å². The van der Waals surface area contributed by atoms with Crippen LogP contribution in [-0.4, -0.2) is 15.0 Å². The van der Waals surface area contributed by atoms with Gasteiger partial charge in [-0.1, -0.05) is 127 Å². The van der Waals surface area contributed by atoms with Crippen molar-refractivity contribution in [1.82, 2.24) is 15.0 Å². The Kier molecular flexibility index (Phi) is 7.29. The molecule has 0 aliphatic rings. The molecule has 0 radical (unpaired) electrons. The van der Waals surface area contributed by atoms with Gasteiger partial charge in [0.2, 0.25) is 5.89 Å². The van der Waals surface area contributed by atoms with E-state index in [4.69, 9.17) is 19.4 Å². The molecular formula is C47H29N3OS. The van der Waals surface area contributed by atoms with Gasteiger partial charge in [-0.25, -0.2) is 15.0 Å². The predicted octanol–water partition coefficient (Wildman–Crippen LogP) is 13.0. The van der Waals surface area contributed by atoms with Crippen molar-refractivity contribution in [3.05, 3.63) is 176 Å². The summed E-state index contributed by atoms with van der Waals surface area (Å²) in [5, 5.41) is 1.16. The van der Waals surface area contributed by atoms with E-state index in [9.17, 15) is 0 Å². The molecule has 0 aliphatic heterocycles. The summed E-state index contributed by atoms with van der Waals surface area (Å²) in [6.45, 7) is 0. The number of fused-ring (bicyclic) bond motifs is 4. The summed E-state index contributed by atoms with van der Waals surface area (Å²) in [4.78, 5) is 15.1. The molecule has 0 unspecified atom stereocenters. The summed E-state index contributed by atoms with van der Waals surface area (Å²) in [7, 11) is 0. The number of oxazole rings is 1. The van der Waals surface area contributed by atoms with Crippen LogP contribution in [-0.2, 0) is 0 Å². The van der Waals surface area contributed by atoms with E-state index < -0.39 is 0 Å². The fourth-order valence-electron chi connectivity index (χ4n) is 6.93. The van der Waals surface area contributed by atoms with Gasteiger partial charge in [0, 0.05) is 26.8 Å². The molecule has 0 N–H and O–H groups in total. The minimum Gasteiger partial charge on any atom is -0.436 e. The fourth-order valence-corrected chi connectivity index (χ4v) is 8.09. The van der Waals surface area contributed by atoms with Crippen LogP contribution in [0.25, 0.3) is 98.9 Å². The van der Waals surface area contributed by atoms with Gasteiger partial charge in [-0.15, -0.1) is 11.3 Å². The molecule has 3 aromatic heterocycles. The highest BCUT2D eigenvalue weighted by Gasteiger charge is 2.17.